The lowest BCUT2D eigenvalue weighted by atomic mass is 9.12. The molecule has 67 heavy (non-hydrogen) atoms. The standard InChI is InChI=1S/C24BF20.C21H18N/c26-5-1(6(27)14(35)21(42)13(5)34)25(2-7(28)15(36)22(43)16(37)8(2)29,3-9(30)17(38)23(44)18(39)10(3)31)4-11(32)19(40)24(45)20(41)12(4)33;1-2-8-17(9-3-1)16-22-15-7-6-12-21(22)20-14-13-18-10-4-5-11-19(18)20/h;1-15,20H,16H2/q-1;+1. The summed E-state index contributed by atoms with van der Waals surface area (Å²) in [5.74, 6) is -71.1. The zero-order chi connectivity index (χ0) is 49.1. The van der Waals surface area contributed by atoms with Crippen molar-refractivity contribution in [3.63, 3.8) is 0 Å². The summed E-state index contributed by atoms with van der Waals surface area (Å²) in [5, 5.41) is 0. The Morgan fingerprint density at radius 3 is 1.03 bits per heavy atom. The second-order valence-electron chi connectivity index (χ2n) is 14.5. The molecule has 0 N–H and O–H groups in total. The van der Waals surface area contributed by atoms with E-state index in [-0.39, 0.29) is 0 Å². The van der Waals surface area contributed by atoms with Gasteiger partial charge in [0.25, 0.3) is 0 Å². The molecule has 8 rings (SSSR count). The van der Waals surface area contributed by atoms with Crippen LogP contribution in [0.2, 0.25) is 0 Å². The van der Waals surface area contributed by atoms with Gasteiger partial charge in [0.05, 0.1) is 5.92 Å². The maximum Gasteiger partial charge on any atom is 0.200 e. The number of hydrogen-bond acceptors (Lipinski definition) is 0. The van der Waals surface area contributed by atoms with Gasteiger partial charge in [-0.15, -0.1) is 21.9 Å². The van der Waals surface area contributed by atoms with Gasteiger partial charge >= 0.3 is 0 Å². The molecular weight excluding hydrogens is 945 g/mol. The lowest BCUT2D eigenvalue weighted by Gasteiger charge is -2.44. The number of hydrogen-bond donors (Lipinski definition) is 0. The van der Waals surface area contributed by atoms with Crippen molar-refractivity contribution in [2.75, 3.05) is 0 Å². The second-order valence-corrected chi connectivity index (χ2v) is 14.5. The largest absolute Gasteiger partial charge is 0.207 e. The molecule has 7 aromatic rings. The fraction of sp³-hybridized carbons (Fsp3) is 0.0444. The van der Waals surface area contributed by atoms with Crippen molar-refractivity contribution < 1.29 is 92.4 Å². The molecule has 0 aliphatic heterocycles. The number of allylic oxidation sites excluding steroid dienone is 1. The van der Waals surface area contributed by atoms with Crippen LogP contribution in [0.3, 0.4) is 0 Å². The van der Waals surface area contributed by atoms with E-state index in [4.69, 9.17) is 0 Å². The first kappa shape index (κ1) is 47.8. The Hall–Kier alpha value is -7.13. The first-order valence-corrected chi connectivity index (χ1v) is 18.6. The summed E-state index contributed by atoms with van der Waals surface area (Å²) in [6, 6.07) is 25.8. The van der Waals surface area contributed by atoms with Crippen molar-refractivity contribution in [3.8, 4) is 0 Å². The Balaban J connectivity index is 0.000000250. The van der Waals surface area contributed by atoms with Gasteiger partial charge in [0.1, 0.15) is 52.7 Å². The molecule has 0 saturated heterocycles. The molecule has 0 bridgehead atoms. The van der Waals surface area contributed by atoms with Crippen LogP contribution >= 0.6 is 0 Å². The predicted octanol–water partition coefficient (Wildman–Crippen LogP) is 10.0. The van der Waals surface area contributed by atoms with Gasteiger partial charge in [0, 0.05) is 17.7 Å². The lowest BCUT2D eigenvalue weighted by Crippen LogP contribution is -2.81. The van der Waals surface area contributed by atoms with Gasteiger partial charge < -0.3 is 0 Å². The summed E-state index contributed by atoms with van der Waals surface area (Å²) in [4.78, 5) is 0. The van der Waals surface area contributed by atoms with Crippen LogP contribution in [0.4, 0.5) is 87.8 Å². The van der Waals surface area contributed by atoms with Gasteiger partial charge in [0.15, 0.2) is 88.2 Å². The van der Waals surface area contributed by atoms with Gasteiger partial charge in [-0.3, -0.25) is 0 Å². The molecule has 0 radical (unpaired) electrons. The van der Waals surface area contributed by atoms with Crippen molar-refractivity contribution in [3.05, 3.63) is 224 Å². The molecule has 1 atom stereocenters. The Morgan fingerprint density at radius 1 is 0.343 bits per heavy atom. The third-order valence-electron chi connectivity index (χ3n) is 11.0. The fourth-order valence-electron chi connectivity index (χ4n) is 8.08. The summed E-state index contributed by atoms with van der Waals surface area (Å²) in [6.07, 6.45) is -0.496. The first-order valence-electron chi connectivity index (χ1n) is 18.6. The molecule has 1 aliphatic rings. The van der Waals surface area contributed by atoms with E-state index in [1.807, 2.05) is 0 Å². The Labute approximate surface area is 362 Å². The zero-order valence-corrected chi connectivity index (χ0v) is 32.5. The molecular formula is C45H18BF20N. The molecule has 1 aromatic heterocycles. The SMILES string of the molecule is C1=CC(c2cccc[n+]2Cc2ccccc2)c2ccccc21.Fc1c(F)c(F)c([B-](c2c(F)c(F)c(F)c(F)c2F)(c2c(F)c(F)c(F)c(F)c2F)c2c(F)c(F)c(F)c(F)c2F)c(F)c1F. The number of pyridine rings is 1. The highest BCUT2D eigenvalue weighted by Crippen LogP contribution is 2.34. The highest BCUT2D eigenvalue weighted by Gasteiger charge is 2.52. The molecule has 0 amide bonds. The van der Waals surface area contributed by atoms with E-state index in [0.717, 1.165) is 6.54 Å². The summed E-state index contributed by atoms with van der Waals surface area (Å²) in [7, 11) is 0. The van der Waals surface area contributed by atoms with Crippen LogP contribution in [-0.2, 0) is 6.54 Å². The number of benzene rings is 6. The molecule has 1 unspecified atom stereocenters. The maximum absolute atomic E-state index is 15.4. The Bertz CT molecular complexity index is 2790. The van der Waals surface area contributed by atoms with E-state index in [9.17, 15) is 52.7 Å². The summed E-state index contributed by atoms with van der Waals surface area (Å²) in [5.41, 5.74) is -8.93. The number of aromatic nitrogens is 1. The third kappa shape index (κ3) is 7.45. The number of fused-ring (bicyclic) bond motifs is 1. The smallest absolute Gasteiger partial charge is 0.200 e. The summed E-state index contributed by atoms with van der Waals surface area (Å²) < 4.78 is 296. The molecule has 6 aromatic carbocycles. The topological polar surface area (TPSA) is 3.88 Å². The molecule has 0 fully saturated rings. The van der Waals surface area contributed by atoms with Gasteiger partial charge in [0.2, 0.25) is 0 Å². The molecule has 1 heterocycles. The van der Waals surface area contributed by atoms with Crippen molar-refractivity contribution in [2.45, 2.75) is 12.5 Å². The minimum absolute atomic E-state index is 0.348. The molecule has 0 saturated carbocycles. The third-order valence-corrected chi connectivity index (χ3v) is 11.0. The van der Waals surface area contributed by atoms with Crippen molar-refractivity contribution in [2.24, 2.45) is 0 Å². The van der Waals surface area contributed by atoms with E-state index in [0.29, 0.717) is 5.92 Å². The van der Waals surface area contributed by atoms with Gasteiger partial charge in [-0.05, 0) is 11.1 Å². The van der Waals surface area contributed by atoms with Crippen LogP contribution in [0, 0.1) is 116 Å². The van der Waals surface area contributed by atoms with Crippen LogP contribution in [0.5, 0.6) is 0 Å². The molecule has 1 aliphatic carbocycles. The number of nitrogens with zero attached hydrogens (tertiary/aromatic N) is 1. The van der Waals surface area contributed by atoms with E-state index in [1.54, 1.807) is 0 Å². The van der Waals surface area contributed by atoms with Crippen LogP contribution in [-0.4, -0.2) is 6.15 Å². The quantitative estimate of drug-likeness (QED) is 0.0493. The monoisotopic (exact) mass is 963 g/mol. The highest BCUT2D eigenvalue weighted by atomic mass is 19.2. The van der Waals surface area contributed by atoms with Crippen LogP contribution in [0.15, 0.2) is 85.1 Å². The molecule has 346 valence electrons. The van der Waals surface area contributed by atoms with Crippen molar-refractivity contribution >= 4 is 34.1 Å². The minimum Gasteiger partial charge on any atom is -0.207 e. The molecule has 1 nitrogen and oxygen atoms in total. The predicted molar refractivity (Wildman–Crippen MR) is 199 cm³/mol. The first-order chi connectivity index (χ1) is 31.6. The summed E-state index contributed by atoms with van der Waals surface area (Å²) >= 11 is 0. The zero-order valence-electron chi connectivity index (χ0n) is 32.5. The lowest BCUT2D eigenvalue weighted by molar-refractivity contribution is -0.696. The fourth-order valence-corrected chi connectivity index (χ4v) is 8.08. The number of rotatable bonds is 7. The van der Waals surface area contributed by atoms with Crippen molar-refractivity contribution in [1.82, 2.24) is 0 Å². The van der Waals surface area contributed by atoms with Gasteiger partial charge in [-0.25, -0.2) is 87.8 Å². The van der Waals surface area contributed by atoms with Crippen LogP contribution < -0.4 is 26.4 Å². The van der Waals surface area contributed by atoms with Gasteiger partial charge in [-0.2, -0.15) is 4.57 Å². The number of halogens is 20. The molecule has 0 spiro atoms. The second kappa shape index (κ2) is 17.9. The Morgan fingerprint density at radius 2 is 0.657 bits per heavy atom. The van der Waals surface area contributed by atoms with Crippen molar-refractivity contribution in [1.29, 1.82) is 0 Å². The molecule has 22 heteroatoms. The average molecular weight is 963 g/mol. The van der Waals surface area contributed by atoms with E-state index < -0.39 is 144 Å². The highest BCUT2D eigenvalue weighted by molar-refractivity contribution is 7.20. The van der Waals surface area contributed by atoms with E-state index in [2.05, 4.69) is 95.7 Å². The normalized spacial score (nSPS) is 13.2. The van der Waals surface area contributed by atoms with Crippen LogP contribution in [0.1, 0.15) is 28.3 Å². The summed E-state index contributed by atoms with van der Waals surface area (Å²) in [6.45, 7) is 0.906. The van der Waals surface area contributed by atoms with Crippen LogP contribution in [0.25, 0.3) is 6.08 Å². The van der Waals surface area contributed by atoms with E-state index >= 15 is 35.1 Å². The Kier molecular flexibility index (Phi) is 12.8. The van der Waals surface area contributed by atoms with E-state index in [1.165, 1.54) is 22.4 Å². The average Bonchev–Trinajstić information content (AvgIpc) is 3.76. The maximum atomic E-state index is 15.4. The van der Waals surface area contributed by atoms with Gasteiger partial charge in [-0.1, -0.05) is 72.8 Å². The minimum atomic E-state index is -7.22.